The minimum atomic E-state index is -0.184. The third kappa shape index (κ3) is 5.17. The zero-order valence-corrected chi connectivity index (χ0v) is 15.9. The van der Waals surface area contributed by atoms with Crippen molar-refractivity contribution < 1.29 is 14.3 Å². The first-order valence-electron chi connectivity index (χ1n) is 9.70. The standard InChI is InChI=1S/C22H29NO3/c1-22(2)16-18-10-7-11-19(21(18)26-22)25-15-6-5-14-23-20(24)13-12-17-8-3-4-9-17/h7,10-11,17H,3-4,8-9,12-16H2,1-2H3,(H,23,24). The quantitative estimate of drug-likeness (QED) is 0.788. The second-order valence-corrected chi connectivity index (χ2v) is 7.89. The summed E-state index contributed by atoms with van der Waals surface area (Å²) in [5.41, 5.74) is 0.992. The Balaban J connectivity index is 1.36. The third-order valence-electron chi connectivity index (χ3n) is 5.11. The molecule has 1 saturated carbocycles. The largest absolute Gasteiger partial charge is 0.483 e. The first-order chi connectivity index (χ1) is 12.5. The molecule has 0 atom stereocenters. The van der Waals surface area contributed by atoms with Crippen LogP contribution in [0.3, 0.4) is 0 Å². The Morgan fingerprint density at radius 3 is 2.92 bits per heavy atom. The highest BCUT2D eigenvalue weighted by atomic mass is 16.5. The van der Waals surface area contributed by atoms with Crippen LogP contribution in [0.15, 0.2) is 18.2 Å². The zero-order chi connectivity index (χ0) is 18.4. The highest BCUT2D eigenvalue weighted by Crippen LogP contribution is 2.41. The molecule has 1 aliphatic carbocycles. The normalized spacial score (nSPS) is 17.8. The van der Waals surface area contributed by atoms with Gasteiger partial charge in [-0.3, -0.25) is 4.79 Å². The molecule has 1 aliphatic heterocycles. The van der Waals surface area contributed by atoms with Crippen LogP contribution in [0.2, 0.25) is 0 Å². The molecule has 2 aliphatic rings. The molecule has 0 unspecified atom stereocenters. The number of hydrogen-bond donors (Lipinski definition) is 1. The van der Waals surface area contributed by atoms with Crippen molar-refractivity contribution in [2.45, 2.75) is 64.4 Å². The van der Waals surface area contributed by atoms with E-state index in [-0.39, 0.29) is 18.1 Å². The molecule has 1 heterocycles. The summed E-state index contributed by atoms with van der Waals surface area (Å²) < 4.78 is 11.7. The molecule has 0 bridgehead atoms. The number of hydrogen-bond acceptors (Lipinski definition) is 3. The van der Waals surface area contributed by atoms with Gasteiger partial charge in [0.25, 0.3) is 0 Å². The lowest BCUT2D eigenvalue weighted by molar-refractivity contribution is -0.121. The zero-order valence-electron chi connectivity index (χ0n) is 15.9. The van der Waals surface area contributed by atoms with Crippen LogP contribution < -0.4 is 14.8 Å². The van der Waals surface area contributed by atoms with Gasteiger partial charge >= 0.3 is 0 Å². The number of benzene rings is 1. The van der Waals surface area contributed by atoms with E-state index >= 15 is 0 Å². The summed E-state index contributed by atoms with van der Waals surface area (Å²) in [6, 6.07) is 5.97. The predicted octanol–water partition coefficient (Wildman–Crippen LogP) is 3.87. The average Bonchev–Trinajstić information content (AvgIpc) is 3.22. The lowest BCUT2D eigenvalue weighted by Crippen LogP contribution is -2.24. The molecular weight excluding hydrogens is 326 g/mol. The molecule has 1 N–H and O–H groups in total. The van der Waals surface area contributed by atoms with E-state index in [0.29, 0.717) is 13.0 Å². The number of carbonyl (C=O) groups is 1. The van der Waals surface area contributed by atoms with Crippen LogP contribution in [-0.4, -0.2) is 24.7 Å². The van der Waals surface area contributed by atoms with Crippen LogP contribution in [0, 0.1) is 17.8 Å². The molecular formula is C22H29NO3. The molecule has 0 spiro atoms. The Bertz CT molecular complexity index is 693. The summed E-state index contributed by atoms with van der Waals surface area (Å²) >= 11 is 0. The van der Waals surface area contributed by atoms with E-state index in [4.69, 9.17) is 9.47 Å². The van der Waals surface area contributed by atoms with Crippen molar-refractivity contribution in [3.63, 3.8) is 0 Å². The molecule has 140 valence electrons. The van der Waals surface area contributed by atoms with Gasteiger partial charge in [-0.25, -0.2) is 0 Å². The summed E-state index contributed by atoms with van der Waals surface area (Å²) in [5.74, 6) is 8.33. The molecule has 26 heavy (non-hydrogen) atoms. The van der Waals surface area contributed by atoms with Gasteiger partial charge in [0.1, 0.15) is 12.2 Å². The summed E-state index contributed by atoms with van der Waals surface area (Å²) in [6.45, 7) is 4.82. The maximum atomic E-state index is 11.8. The molecule has 3 rings (SSSR count). The highest BCUT2D eigenvalue weighted by molar-refractivity contribution is 5.76. The van der Waals surface area contributed by atoms with Crippen LogP contribution in [0.1, 0.15) is 57.9 Å². The number of rotatable bonds is 6. The number of amides is 1. The van der Waals surface area contributed by atoms with Crippen molar-refractivity contribution in [2.24, 2.45) is 5.92 Å². The fraction of sp³-hybridized carbons (Fsp3) is 0.591. The summed E-state index contributed by atoms with van der Waals surface area (Å²) in [7, 11) is 0. The number of carbonyl (C=O) groups excluding carboxylic acids is 1. The smallest absolute Gasteiger partial charge is 0.220 e. The van der Waals surface area contributed by atoms with Crippen molar-refractivity contribution in [3.05, 3.63) is 23.8 Å². The summed E-state index contributed by atoms with van der Waals surface area (Å²) in [5, 5.41) is 2.86. The summed E-state index contributed by atoms with van der Waals surface area (Å²) in [6.07, 6.45) is 7.74. The Labute approximate surface area is 156 Å². The SMILES string of the molecule is CC1(C)Cc2cccc(OCC#CCNC(=O)CCC3CCCC3)c2O1. The van der Waals surface area contributed by atoms with Crippen LogP contribution in [-0.2, 0) is 11.2 Å². The molecule has 0 radical (unpaired) electrons. The number of fused-ring (bicyclic) bond motifs is 1. The first-order valence-corrected chi connectivity index (χ1v) is 9.70. The van der Waals surface area contributed by atoms with Crippen molar-refractivity contribution in [2.75, 3.05) is 13.2 Å². The van der Waals surface area contributed by atoms with Crippen molar-refractivity contribution in [1.29, 1.82) is 0 Å². The molecule has 1 amide bonds. The van der Waals surface area contributed by atoms with Crippen LogP contribution >= 0.6 is 0 Å². The van der Waals surface area contributed by atoms with E-state index < -0.39 is 0 Å². The Hall–Kier alpha value is -2.15. The minimum Gasteiger partial charge on any atom is -0.483 e. The van der Waals surface area contributed by atoms with E-state index in [9.17, 15) is 4.79 Å². The summed E-state index contributed by atoms with van der Waals surface area (Å²) in [4.78, 5) is 11.8. The van der Waals surface area contributed by atoms with E-state index in [2.05, 4.69) is 37.1 Å². The van der Waals surface area contributed by atoms with E-state index in [1.54, 1.807) is 0 Å². The van der Waals surface area contributed by atoms with E-state index in [1.807, 2.05) is 12.1 Å². The van der Waals surface area contributed by atoms with Gasteiger partial charge < -0.3 is 14.8 Å². The molecule has 1 aromatic carbocycles. The fourth-order valence-corrected chi connectivity index (χ4v) is 3.79. The van der Waals surface area contributed by atoms with E-state index in [1.165, 1.54) is 31.2 Å². The van der Waals surface area contributed by atoms with Gasteiger partial charge in [-0.1, -0.05) is 49.7 Å². The second kappa shape index (κ2) is 8.49. The number of ether oxygens (including phenoxy) is 2. The van der Waals surface area contributed by atoms with Gasteiger partial charge in [0.15, 0.2) is 11.5 Å². The topological polar surface area (TPSA) is 47.6 Å². The first kappa shape index (κ1) is 18.6. The molecule has 0 aromatic heterocycles. The fourth-order valence-electron chi connectivity index (χ4n) is 3.79. The maximum absolute atomic E-state index is 11.8. The highest BCUT2D eigenvalue weighted by Gasteiger charge is 2.32. The average molecular weight is 355 g/mol. The van der Waals surface area contributed by atoms with Gasteiger partial charge in [0.2, 0.25) is 5.91 Å². The van der Waals surface area contributed by atoms with Crippen LogP contribution in [0.25, 0.3) is 0 Å². The van der Waals surface area contributed by atoms with Crippen molar-refractivity contribution in [3.8, 4) is 23.3 Å². The Morgan fingerprint density at radius 1 is 1.31 bits per heavy atom. The van der Waals surface area contributed by atoms with E-state index in [0.717, 1.165) is 30.3 Å². The molecule has 0 saturated heterocycles. The lowest BCUT2D eigenvalue weighted by atomic mass is 10.0. The predicted molar refractivity (Wildman–Crippen MR) is 102 cm³/mol. The number of nitrogens with one attached hydrogen (secondary N) is 1. The van der Waals surface area contributed by atoms with Gasteiger partial charge in [-0.05, 0) is 32.3 Å². The lowest BCUT2D eigenvalue weighted by Gasteiger charge is -2.17. The second-order valence-electron chi connectivity index (χ2n) is 7.89. The van der Waals surface area contributed by atoms with Crippen LogP contribution in [0.5, 0.6) is 11.5 Å². The van der Waals surface area contributed by atoms with Crippen molar-refractivity contribution >= 4 is 5.91 Å². The number of para-hydroxylation sites is 1. The monoisotopic (exact) mass is 355 g/mol. The Kier molecular flexibility index (Phi) is 6.08. The van der Waals surface area contributed by atoms with Gasteiger partial charge in [-0.2, -0.15) is 0 Å². The minimum absolute atomic E-state index is 0.101. The van der Waals surface area contributed by atoms with Gasteiger partial charge in [0.05, 0.1) is 6.54 Å². The molecule has 4 heteroatoms. The molecule has 1 fully saturated rings. The molecule has 4 nitrogen and oxygen atoms in total. The Morgan fingerprint density at radius 2 is 2.12 bits per heavy atom. The van der Waals surface area contributed by atoms with Crippen LogP contribution in [0.4, 0.5) is 0 Å². The van der Waals surface area contributed by atoms with Gasteiger partial charge in [0, 0.05) is 18.4 Å². The van der Waals surface area contributed by atoms with Gasteiger partial charge in [-0.15, -0.1) is 0 Å². The molecule has 1 aromatic rings. The third-order valence-corrected chi connectivity index (χ3v) is 5.11. The van der Waals surface area contributed by atoms with Crippen molar-refractivity contribution in [1.82, 2.24) is 5.32 Å². The maximum Gasteiger partial charge on any atom is 0.220 e.